The molecule has 104 valence electrons. The Morgan fingerprint density at radius 3 is 3.00 bits per heavy atom. The molecule has 1 aliphatic heterocycles. The van der Waals surface area contributed by atoms with Crippen molar-refractivity contribution in [1.82, 2.24) is 4.90 Å². The first-order valence-electron chi connectivity index (χ1n) is 6.37. The normalized spacial score (nSPS) is 16.9. The summed E-state index contributed by atoms with van der Waals surface area (Å²) in [6, 6.07) is 5.14. The molecule has 0 amide bonds. The van der Waals surface area contributed by atoms with E-state index < -0.39 is 0 Å². The van der Waals surface area contributed by atoms with Crippen molar-refractivity contribution in [3.63, 3.8) is 0 Å². The number of Topliss-reactive ketones (excluding diaryl/α,β-unsaturated/α-hetero) is 1. The summed E-state index contributed by atoms with van der Waals surface area (Å²) in [5, 5.41) is 0.465. The van der Waals surface area contributed by atoms with E-state index >= 15 is 0 Å². The Hall–Kier alpha value is -1.10. The van der Waals surface area contributed by atoms with Crippen LogP contribution < -0.4 is 4.74 Å². The zero-order valence-electron chi connectivity index (χ0n) is 11.0. The van der Waals surface area contributed by atoms with Crippen molar-refractivity contribution in [1.29, 1.82) is 0 Å². The largest absolute Gasteiger partial charge is 0.495 e. The van der Waals surface area contributed by atoms with Crippen molar-refractivity contribution < 1.29 is 14.3 Å². The number of hydrogen-bond acceptors (Lipinski definition) is 4. The van der Waals surface area contributed by atoms with Crippen LogP contribution in [0.3, 0.4) is 0 Å². The molecular weight excluding hydrogens is 266 g/mol. The van der Waals surface area contributed by atoms with Crippen molar-refractivity contribution in [3.05, 3.63) is 28.8 Å². The molecule has 1 fully saturated rings. The molecule has 0 unspecified atom stereocenters. The molecule has 0 aromatic heterocycles. The van der Waals surface area contributed by atoms with Crippen molar-refractivity contribution in [2.24, 2.45) is 0 Å². The van der Waals surface area contributed by atoms with Crippen LogP contribution in [-0.4, -0.2) is 50.6 Å². The minimum atomic E-state index is 0.0754. The highest BCUT2D eigenvalue weighted by molar-refractivity contribution is 6.32. The molecule has 0 atom stereocenters. The summed E-state index contributed by atoms with van der Waals surface area (Å²) in [5.41, 5.74) is 0.621. The monoisotopic (exact) mass is 283 g/mol. The van der Waals surface area contributed by atoms with Gasteiger partial charge in [-0.15, -0.1) is 0 Å². The number of methoxy groups -OCH3 is 1. The van der Waals surface area contributed by atoms with Crippen LogP contribution in [0.1, 0.15) is 16.8 Å². The topological polar surface area (TPSA) is 38.8 Å². The lowest BCUT2D eigenvalue weighted by atomic mass is 10.1. The standard InChI is InChI=1S/C14H18ClNO3/c1-18-14-4-3-11(9-12(14)15)13(17)10-16-5-2-7-19-8-6-16/h3-4,9H,2,5-8,10H2,1H3. The second kappa shape index (κ2) is 6.89. The van der Waals surface area contributed by atoms with Gasteiger partial charge in [0, 0.05) is 25.3 Å². The number of nitrogens with zero attached hydrogens (tertiary/aromatic N) is 1. The summed E-state index contributed by atoms with van der Waals surface area (Å²) < 4.78 is 10.4. The summed E-state index contributed by atoms with van der Waals surface area (Å²) in [6.07, 6.45) is 0.969. The third-order valence-electron chi connectivity index (χ3n) is 3.16. The Morgan fingerprint density at radius 2 is 2.26 bits per heavy atom. The van der Waals surface area contributed by atoms with Crippen molar-refractivity contribution in [2.75, 3.05) is 40.0 Å². The van der Waals surface area contributed by atoms with Crippen molar-refractivity contribution in [2.45, 2.75) is 6.42 Å². The number of ketones is 1. The van der Waals surface area contributed by atoms with Crippen molar-refractivity contribution >= 4 is 17.4 Å². The number of carbonyl (C=O) groups excluding carboxylic acids is 1. The molecule has 5 heteroatoms. The van der Waals surface area contributed by atoms with Gasteiger partial charge in [-0.2, -0.15) is 0 Å². The molecule has 4 nitrogen and oxygen atoms in total. The zero-order valence-corrected chi connectivity index (χ0v) is 11.8. The van der Waals surface area contributed by atoms with E-state index in [2.05, 4.69) is 4.90 Å². The molecule has 0 bridgehead atoms. The van der Waals surface area contributed by atoms with Gasteiger partial charge >= 0.3 is 0 Å². The highest BCUT2D eigenvalue weighted by atomic mass is 35.5. The highest BCUT2D eigenvalue weighted by Crippen LogP contribution is 2.25. The van der Waals surface area contributed by atoms with Gasteiger partial charge in [0.25, 0.3) is 0 Å². The first kappa shape index (κ1) is 14.3. The molecule has 0 aliphatic carbocycles. The van der Waals surface area contributed by atoms with Crippen LogP contribution in [0.2, 0.25) is 5.02 Å². The SMILES string of the molecule is COc1ccc(C(=O)CN2CCCOCC2)cc1Cl. The summed E-state index contributed by atoms with van der Waals surface area (Å²) in [6.45, 7) is 3.58. The fraction of sp³-hybridized carbons (Fsp3) is 0.500. The van der Waals surface area contributed by atoms with Gasteiger partial charge in [0.05, 0.1) is 25.3 Å². The van der Waals surface area contributed by atoms with E-state index in [-0.39, 0.29) is 5.78 Å². The summed E-state index contributed by atoms with van der Waals surface area (Å²) >= 11 is 6.03. The molecule has 1 heterocycles. The Kier molecular flexibility index (Phi) is 5.19. The molecule has 0 spiro atoms. The lowest BCUT2D eigenvalue weighted by Gasteiger charge is -2.18. The minimum absolute atomic E-state index is 0.0754. The smallest absolute Gasteiger partial charge is 0.176 e. The Bertz CT molecular complexity index is 442. The van der Waals surface area contributed by atoms with E-state index in [0.29, 0.717) is 29.5 Å². The molecule has 0 saturated carbocycles. The lowest BCUT2D eigenvalue weighted by molar-refractivity contribution is 0.0922. The van der Waals surface area contributed by atoms with Crippen LogP contribution in [-0.2, 0) is 4.74 Å². The van der Waals surface area contributed by atoms with Gasteiger partial charge in [-0.25, -0.2) is 0 Å². The number of ether oxygens (including phenoxy) is 2. The van der Waals surface area contributed by atoms with E-state index in [1.165, 1.54) is 0 Å². The second-order valence-electron chi connectivity index (χ2n) is 4.51. The summed E-state index contributed by atoms with van der Waals surface area (Å²) in [5.74, 6) is 0.660. The van der Waals surface area contributed by atoms with Crippen LogP contribution in [0, 0.1) is 0 Å². The van der Waals surface area contributed by atoms with Crippen LogP contribution >= 0.6 is 11.6 Å². The van der Waals surface area contributed by atoms with Gasteiger partial charge in [-0.3, -0.25) is 9.69 Å². The fourth-order valence-electron chi connectivity index (χ4n) is 2.09. The Labute approximate surface area is 118 Å². The maximum atomic E-state index is 12.2. The van der Waals surface area contributed by atoms with E-state index in [1.807, 2.05) is 0 Å². The predicted octanol–water partition coefficient (Wildman–Crippen LogP) is 2.25. The molecule has 1 aromatic carbocycles. The first-order valence-corrected chi connectivity index (χ1v) is 6.75. The zero-order chi connectivity index (χ0) is 13.7. The van der Waals surface area contributed by atoms with Crippen LogP contribution in [0.4, 0.5) is 0 Å². The Morgan fingerprint density at radius 1 is 1.42 bits per heavy atom. The van der Waals surface area contributed by atoms with Crippen LogP contribution in [0.5, 0.6) is 5.75 Å². The second-order valence-corrected chi connectivity index (χ2v) is 4.92. The maximum Gasteiger partial charge on any atom is 0.176 e. The molecule has 2 rings (SSSR count). The molecule has 0 N–H and O–H groups in total. The third-order valence-corrected chi connectivity index (χ3v) is 3.45. The molecule has 1 aliphatic rings. The number of benzene rings is 1. The summed E-state index contributed by atoms with van der Waals surface area (Å²) in [4.78, 5) is 14.3. The molecule has 0 radical (unpaired) electrons. The fourth-order valence-corrected chi connectivity index (χ4v) is 2.35. The third kappa shape index (κ3) is 3.93. The number of hydrogen-bond donors (Lipinski definition) is 0. The molecule has 1 aromatic rings. The minimum Gasteiger partial charge on any atom is -0.495 e. The van der Waals surface area contributed by atoms with Crippen molar-refractivity contribution in [3.8, 4) is 5.75 Å². The number of halogens is 1. The van der Waals surface area contributed by atoms with Crippen LogP contribution in [0.15, 0.2) is 18.2 Å². The average Bonchev–Trinajstić information content (AvgIpc) is 2.67. The van der Waals surface area contributed by atoms with E-state index in [0.717, 1.165) is 26.1 Å². The lowest BCUT2D eigenvalue weighted by Crippen LogP contribution is -2.32. The van der Waals surface area contributed by atoms with Gasteiger partial charge in [-0.05, 0) is 24.6 Å². The van der Waals surface area contributed by atoms with E-state index in [9.17, 15) is 4.79 Å². The average molecular weight is 284 g/mol. The van der Waals surface area contributed by atoms with Crippen LogP contribution in [0.25, 0.3) is 0 Å². The first-order chi connectivity index (χ1) is 9.20. The van der Waals surface area contributed by atoms with Gasteiger partial charge < -0.3 is 9.47 Å². The van der Waals surface area contributed by atoms with Gasteiger partial charge in [-0.1, -0.05) is 11.6 Å². The predicted molar refractivity (Wildman–Crippen MR) is 74.2 cm³/mol. The molecule has 19 heavy (non-hydrogen) atoms. The quantitative estimate of drug-likeness (QED) is 0.795. The van der Waals surface area contributed by atoms with Gasteiger partial charge in [0.15, 0.2) is 5.78 Å². The highest BCUT2D eigenvalue weighted by Gasteiger charge is 2.15. The van der Waals surface area contributed by atoms with Gasteiger partial charge in [0.1, 0.15) is 5.75 Å². The molecular formula is C14H18ClNO3. The maximum absolute atomic E-state index is 12.2. The molecule has 1 saturated heterocycles. The summed E-state index contributed by atoms with van der Waals surface area (Å²) in [7, 11) is 1.56. The van der Waals surface area contributed by atoms with Gasteiger partial charge in [0.2, 0.25) is 0 Å². The van der Waals surface area contributed by atoms with E-state index in [1.54, 1.807) is 25.3 Å². The Balaban J connectivity index is 2.00. The van der Waals surface area contributed by atoms with E-state index in [4.69, 9.17) is 21.1 Å². The number of carbonyl (C=O) groups is 1. The number of rotatable bonds is 4.